The molecule has 0 fully saturated rings. The number of nitrogens with two attached hydrogens (primary N) is 1. The third-order valence-electron chi connectivity index (χ3n) is 3.75. The van der Waals surface area contributed by atoms with Crippen LogP contribution < -0.4 is 11.2 Å². The van der Waals surface area contributed by atoms with E-state index in [0.29, 0.717) is 12.4 Å². The van der Waals surface area contributed by atoms with Crippen LogP contribution >= 0.6 is 11.3 Å². The summed E-state index contributed by atoms with van der Waals surface area (Å²) < 4.78 is 0. The predicted molar refractivity (Wildman–Crippen MR) is 90.7 cm³/mol. The van der Waals surface area contributed by atoms with E-state index in [1.54, 1.807) is 11.3 Å². The van der Waals surface area contributed by atoms with Crippen molar-refractivity contribution in [3.8, 4) is 0 Å². The predicted octanol–water partition coefficient (Wildman–Crippen LogP) is 3.21. The average molecular weight is 298 g/mol. The Morgan fingerprint density at radius 2 is 1.90 bits per heavy atom. The minimum atomic E-state index is 0.472. The van der Waals surface area contributed by atoms with Crippen molar-refractivity contribution in [2.75, 3.05) is 11.9 Å². The summed E-state index contributed by atoms with van der Waals surface area (Å²) in [7, 11) is 0. The molecule has 0 aliphatic carbocycles. The number of fused-ring (bicyclic) bond motifs is 1. The molecule has 0 radical (unpaired) electrons. The number of aryl methyl sites for hydroxylation is 2. The molecule has 1 aliphatic rings. The molecule has 5 heteroatoms. The Morgan fingerprint density at radius 1 is 1.19 bits per heavy atom. The topological polar surface area (TPSA) is 62.8 Å². The van der Waals surface area contributed by atoms with Gasteiger partial charge in [-0.05, 0) is 26.3 Å². The van der Waals surface area contributed by atoms with Crippen LogP contribution in [0, 0.1) is 20.8 Å². The quantitative estimate of drug-likeness (QED) is 0.627. The van der Waals surface area contributed by atoms with Gasteiger partial charge in [0, 0.05) is 16.0 Å². The number of hydrogen-bond acceptors (Lipinski definition) is 4. The van der Waals surface area contributed by atoms with E-state index in [1.807, 2.05) is 0 Å². The molecule has 1 aromatic carbocycles. The van der Waals surface area contributed by atoms with Crippen LogP contribution in [0.2, 0.25) is 0 Å². The molecule has 21 heavy (non-hydrogen) atoms. The molecule has 2 aromatic rings. The summed E-state index contributed by atoms with van der Waals surface area (Å²) in [6.07, 6.45) is 0. The summed E-state index contributed by atoms with van der Waals surface area (Å²) in [5.74, 6) is 6.13. The van der Waals surface area contributed by atoms with Crippen molar-refractivity contribution in [1.29, 1.82) is 0 Å². The standard InChI is InChI=1S/C16H18N4S/c1-9-4-6-12(7-5-9)15-14-10(2)11(3)21-16(14)19-13(20-17)8-18-15/h4-7H,8,17H2,1-3H3,(H,19,20). The first-order valence-electron chi connectivity index (χ1n) is 6.85. The van der Waals surface area contributed by atoms with Crippen LogP contribution in [0.3, 0.4) is 0 Å². The maximum Gasteiger partial charge on any atom is 0.148 e. The Labute approximate surface area is 128 Å². The molecule has 0 amide bonds. The Kier molecular flexibility index (Phi) is 3.51. The number of nitrogens with zero attached hydrogens (tertiary/aromatic N) is 2. The van der Waals surface area contributed by atoms with E-state index in [1.165, 1.54) is 21.6 Å². The normalized spacial score (nSPS) is 16.1. The monoisotopic (exact) mass is 298 g/mol. The summed E-state index contributed by atoms with van der Waals surface area (Å²) in [6, 6.07) is 8.47. The van der Waals surface area contributed by atoms with Gasteiger partial charge < -0.3 is 11.2 Å². The van der Waals surface area contributed by atoms with Gasteiger partial charge in [0.25, 0.3) is 0 Å². The molecule has 0 bridgehead atoms. The van der Waals surface area contributed by atoms with Crippen molar-refractivity contribution in [1.82, 2.24) is 0 Å². The second-order valence-corrected chi connectivity index (χ2v) is 6.44. The number of hydrogen-bond donors (Lipinski definition) is 2. The minimum Gasteiger partial charge on any atom is -0.332 e. The zero-order valence-electron chi connectivity index (χ0n) is 12.4. The Hall–Kier alpha value is -2.14. The number of hydrazone groups is 1. The van der Waals surface area contributed by atoms with Gasteiger partial charge in [-0.1, -0.05) is 29.8 Å². The summed E-state index contributed by atoms with van der Waals surface area (Å²) in [6.45, 7) is 6.83. The van der Waals surface area contributed by atoms with Crippen molar-refractivity contribution >= 4 is 27.9 Å². The number of amidine groups is 1. The number of nitrogens with one attached hydrogen (secondary N) is 1. The zero-order chi connectivity index (χ0) is 15.0. The number of thiophene rings is 1. The van der Waals surface area contributed by atoms with E-state index in [-0.39, 0.29) is 0 Å². The lowest BCUT2D eigenvalue weighted by Crippen LogP contribution is -2.15. The van der Waals surface area contributed by atoms with Gasteiger partial charge >= 0.3 is 0 Å². The summed E-state index contributed by atoms with van der Waals surface area (Å²) in [5, 5.41) is 8.18. The van der Waals surface area contributed by atoms with Crippen LogP contribution in [0.15, 0.2) is 34.4 Å². The van der Waals surface area contributed by atoms with Gasteiger partial charge in [0.2, 0.25) is 0 Å². The van der Waals surface area contributed by atoms with Gasteiger partial charge in [0.05, 0.1) is 12.3 Å². The van der Waals surface area contributed by atoms with Gasteiger partial charge in [-0.3, -0.25) is 4.99 Å². The molecule has 0 spiro atoms. The van der Waals surface area contributed by atoms with E-state index >= 15 is 0 Å². The fourth-order valence-electron chi connectivity index (χ4n) is 2.42. The second-order valence-electron chi connectivity index (χ2n) is 5.22. The van der Waals surface area contributed by atoms with E-state index in [2.05, 4.69) is 55.5 Å². The fraction of sp³-hybridized carbons (Fsp3) is 0.250. The first-order chi connectivity index (χ1) is 10.1. The fourth-order valence-corrected chi connectivity index (χ4v) is 3.51. The summed E-state index contributed by atoms with van der Waals surface area (Å²) in [5.41, 5.74) is 5.81. The van der Waals surface area contributed by atoms with E-state index in [0.717, 1.165) is 16.3 Å². The summed E-state index contributed by atoms with van der Waals surface area (Å²) in [4.78, 5) is 6.02. The van der Waals surface area contributed by atoms with Crippen LogP contribution in [0.5, 0.6) is 0 Å². The molecule has 3 N–H and O–H groups in total. The molecule has 1 aromatic heterocycles. The molecule has 0 atom stereocenters. The highest BCUT2D eigenvalue weighted by Gasteiger charge is 2.22. The number of anilines is 1. The summed E-state index contributed by atoms with van der Waals surface area (Å²) >= 11 is 1.72. The van der Waals surface area contributed by atoms with Gasteiger partial charge in [-0.25, -0.2) is 0 Å². The lowest BCUT2D eigenvalue weighted by molar-refractivity contribution is 1.18. The lowest BCUT2D eigenvalue weighted by Gasteiger charge is -2.08. The van der Waals surface area contributed by atoms with Crippen LogP contribution in [0.25, 0.3) is 0 Å². The Bertz CT molecular complexity index is 738. The number of rotatable bonds is 1. The third kappa shape index (κ3) is 2.45. The lowest BCUT2D eigenvalue weighted by atomic mass is 9.99. The van der Waals surface area contributed by atoms with Crippen molar-refractivity contribution in [2.45, 2.75) is 20.8 Å². The molecule has 0 saturated carbocycles. The van der Waals surface area contributed by atoms with E-state index in [9.17, 15) is 0 Å². The van der Waals surface area contributed by atoms with Crippen LogP contribution in [0.4, 0.5) is 5.00 Å². The van der Waals surface area contributed by atoms with Crippen molar-refractivity contribution in [3.63, 3.8) is 0 Å². The zero-order valence-corrected chi connectivity index (χ0v) is 13.2. The van der Waals surface area contributed by atoms with E-state index in [4.69, 9.17) is 10.8 Å². The van der Waals surface area contributed by atoms with Gasteiger partial charge in [0.1, 0.15) is 10.8 Å². The molecule has 0 saturated heterocycles. The van der Waals surface area contributed by atoms with Crippen LogP contribution in [-0.4, -0.2) is 18.1 Å². The average Bonchev–Trinajstić information content (AvgIpc) is 2.66. The van der Waals surface area contributed by atoms with E-state index < -0.39 is 0 Å². The largest absolute Gasteiger partial charge is 0.332 e. The molecule has 108 valence electrons. The second kappa shape index (κ2) is 5.33. The molecular weight excluding hydrogens is 280 g/mol. The molecule has 2 heterocycles. The third-order valence-corrected chi connectivity index (χ3v) is 4.87. The van der Waals surface area contributed by atoms with Gasteiger partial charge in [0.15, 0.2) is 0 Å². The maximum absolute atomic E-state index is 5.44. The molecule has 4 nitrogen and oxygen atoms in total. The Balaban J connectivity index is 2.19. The molecule has 1 aliphatic heterocycles. The van der Waals surface area contributed by atoms with Crippen LogP contribution in [0.1, 0.15) is 27.1 Å². The van der Waals surface area contributed by atoms with Crippen LogP contribution in [-0.2, 0) is 0 Å². The molecular formula is C16H18N4S. The van der Waals surface area contributed by atoms with Crippen molar-refractivity contribution in [2.24, 2.45) is 15.9 Å². The maximum atomic E-state index is 5.44. The Morgan fingerprint density at radius 3 is 2.57 bits per heavy atom. The minimum absolute atomic E-state index is 0.472. The van der Waals surface area contributed by atoms with Crippen molar-refractivity contribution < 1.29 is 0 Å². The first-order valence-corrected chi connectivity index (χ1v) is 7.67. The first kappa shape index (κ1) is 13.8. The highest BCUT2D eigenvalue weighted by Crippen LogP contribution is 2.35. The molecule has 0 unspecified atom stereocenters. The van der Waals surface area contributed by atoms with Gasteiger partial charge in [-0.2, -0.15) is 5.10 Å². The highest BCUT2D eigenvalue weighted by atomic mass is 32.1. The molecule has 3 rings (SSSR count). The highest BCUT2D eigenvalue weighted by molar-refractivity contribution is 7.17. The van der Waals surface area contributed by atoms with Crippen molar-refractivity contribution in [3.05, 3.63) is 51.4 Å². The van der Waals surface area contributed by atoms with Gasteiger partial charge in [-0.15, -0.1) is 11.3 Å². The number of benzene rings is 1. The number of aliphatic imine (C=N–C) groups is 1. The SMILES string of the molecule is Cc1ccc(C2=NC/C(=N/N)Nc3sc(C)c(C)c32)cc1. The smallest absolute Gasteiger partial charge is 0.148 e.